The molecule has 66 valence electrons. The van der Waals surface area contributed by atoms with Gasteiger partial charge in [-0.1, -0.05) is 17.7 Å². The Kier molecular flexibility index (Phi) is 3.56. The molecule has 12 heavy (non-hydrogen) atoms. The second-order valence-electron chi connectivity index (χ2n) is 2.93. The van der Waals surface area contributed by atoms with Crippen LogP contribution >= 0.6 is 27.5 Å². The number of hydrogen-bond donors (Lipinski definition) is 1. The van der Waals surface area contributed by atoms with Crippen molar-refractivity contribution in [2.75, 3.05) is 0 Å². The summed E-state index contributed by atoms with van der Waals surface area (Å²) >= 11 is 9.24. The minimum absolute atomic E-state index is 0.183. The van der Waals surface area contributed by atoms with Gasteiger partial charge in [-0.05, 0) is 47.0 Å². The first-order valence-corrected chi connectivity index (χ1v) is 4.96. The summed E-state index contributed by atoms with van der Waals surface area (Å²) in [6, 6.07) is 6.09. The van der Waals surface area contributed by atoms with Gasteiger partial charge in [0.25, 0.3) is 0 Å². The van der Waals surface area contributed by atoms with E-state index in [0.717, 1.165) is 15.9 Å². The van der Waals surface area contributed by atoms with Crippen molar-refractivity contribution in [1.82, 2.24) is 0 Å². The molecule has 0 radical (unpaired) electrons. The molecule has 0 fully saturated rings. The lowest BCUT2D eigenvalue weighted by Gasteiger charge is -2.05. The van der Waals surface area contributed by atoms with Crippen molar-refractivity contribution in [3.05, 3.63) is 33.3 Å². The van der Waals surface area contributed by atoms with Crippen LogP contribution in [0.2, 0.25) is 5.02 Å². The molecule has 1 nitrogen and oxygen atoms in total. The molecule has 0 aliphatic rings. The van der Waals surface area contributed by atoms with Crippen molar-refractivity contribution in [1.29, 1.82) is 0 Å². The maximum absolute atomic E-state index is 5.91. The molecule has 0 aliphatic carbocycles. The Morgan fingerprint density at radius 3 is 2.75 bits per heavy atom. The molecular weight excluding hydrogens is 237 g/mol. The largest absolute Gasteiger partial charge is 0.328 e. The van der Waals surface area contributed by atoms with Crippen molar-refractivity contribution < 1.29 is 0 Å². The molecule has 1 atom stereocenters. The molecule has 1 aromatic carbocycles. The average Bonchev–Trinajstić information content (AvgIpc) is 1.96. The number of hydrogen-bond acceptors (Lipinski definition) is 1. The minimum atomic E-state index is 0.183. The van der Waals surface area contributed by atoms with E-state index in [9.17, 15) is 0 Å². The highest BCUT2D eigenvalue weighted by molar-refractivity contribution is 9.10. The molecule has 1 aromatic rings. The summed E-state index contributed by atoms with van der Waals surface area (Å²) in [4.78, 5) is 0. The molecule has 0 heterocycles. The van der Waals surface area contributed by atoms with Gasteiger partial charge in [0.05, 0.1) is 5.02 Å². The number of rotatable bonds is 2. The van der Waals surface area contributed by atoms with Gasteiger partial charge in [0.15, 0.2) is 0 Å². The standard InChI is InChI=1S/C9H11BrClN/c1-6(12)4-7-2-3-8(10)9(11)5-7/h2-3,5-6H,4,12H2,1H3/t6-/m1/s1. The highest BCUT2D eigenvalue weighted by Gasteiger charge is 2.00. The second-order valence-corrected chi connectivity index (χ2v) is 4.19. The summed E-state index contributed by atoms with van der Waals surface area (Å²) in [5.74, 6) is 0. The molecule has 0 unspecified atom stereocenters. The van der Waals surface area contributed by atoms with Gasteiger partial charge in [-0.3, -0.25) is 0 Å². The highest BCUT2D eigenvalue weighted by Crippen LogP contribution is 2.23. The number of nitrogens with two attached hydrogens (primary N) is 1. The van der Waals surface area contributed by atoms with Gasteiger partial charge in [0.2, 0.25) is 0 Å². The predicted octanol–water partition coefficient (Wildman–Crippen LogP) is 2.99. The molecule has 0 spiro atoms. The zero-order chi connectivity index (χ0) is 9.14. The third-order valence-electron chi connectivity index (χ3n) is 1.54. The Morgan fingerprint density at radius 2 is 2.25 bits per heavy atom. The van der Waals surface area contributed by atoms with Crippen molar-refractivity contribution >= 4 is 27.5 Å². The van der Waals surface area contributed by atoms with Crippen molar-refractivity contribution in [2.45, 2.75) is 19.4 Å². The minimum Gasteiger partial charge on any atom is -0.328 e. The van der Waals surface area contributed by atoms with Crippen LogP contribution in [0.5, 0.6) is 0 Å². The SMILES string of the molecule is C[C@@H](N)Cc1ccc(Br)c(Cl)c1. The van der Waals surface area contributed by atoms with Crippen LogP contribution in [0, 0.1) is 0 Å². The zero-order valence-electron chi connectivity index (χ0n) is 6.85. The van der Waals surface area contributed by atoms with E-state index in [1.807, 2.05) is 25.1 Å². The van der Waals surface area contributed by atoms with E-state index in [-0.39, 0.29) is 6.04 Å². The lowest BCUT2D eigenvalue weighted by atomic mass is 10.1. The topological polar surface area (TPSA) is 26.0 Å². The molecule has 1 rings (SSSR count). The van der Waals surface area contributed by atoms with Crippen LogP contribution in [0.1, 0.15) is 12.5 Å². The monoisotopic (exact) mass is 247 g/mol. The fourth-order valence-corrected chi connectivity index (χ4v) is 1.49. The van der Waals surface area contributed by atoms with Gasteiger partial charge in [0.1, 0.15) is 0 Å². The zero-order valence-corrected chi connectivity index (χ0v) is 9.19. The highest BCUT2D eigenvalue weighted by atomic mass is 79.9. The molecule has 2 N–H and O–H groups in total. The fourth-order valence-electron chi connectivity index (χ4n) is 1.04. The van der Waals surface area contributed by atoms with Crippen molar-refractivity contribution in [3.8, 4) is 0 Å². The summed E-state index contributed by atoms with van der Waals surface area (Å²) in [7, 11) is 0. The van der Waals surface area contributed by atoms with Crippen LogP contribution in [0.15, 0.2) is 22.7 Å². The molecule has 0 aliphatic heterocycles. The maximum atomic E-state index is 5.91. The lowest BCUT2D eigenvalue weighted by Crippen LogP contribution is -2.17. The van der Waals surface area contributed by atoms with Gasteiger partial charge >= 0.3 is 0 Å². The molecule has 0 amide bonds. The van der Waals surface area contributed by atoms with Crippen molar-refractivity contribution in [2.24, 2.45) is 5.73 Å². The van der Waals surface area contributed by atoms with Crippen molar-refractivity contribution in [3.63, 3.8) is 0 Å². The summed E-state index contributed by atoms with van der Waals surface area (Å²) < 4.78 is 0.928. The van der Waals surface area contributed by atoms with Crippen LogP contribution in [0.3, 0.4) is 0 Å². The summed E-state index contributed by atoms with van der Waals surface area (Å²) in [5.41, 5.74) is 6.84. The van der Waals surface area contributed by atoms with E-state index in [0.29, 0.717) is 0 Å². The molecular formula is C9H11BrClN. The Hall–Kier alpha value is -0.0500. The third-order valence-corrected chi connectivity index (χ3v) is 2.77. The Labute approximate surface area is 86.0 Å². The summed E-state index contributed by atoms with van der Waals surface area (Å²) in [6.45, 7) is 1.98. The Morgan fingerprint density at radius 1 is 1.58 bits per heavy atom. The van der Waals surface area contributed by atoms with E-state index in [2.05, 4.69) is 15.9 Å². The summed E-state index contributed by atoms with van der Waals surface area (Å²) in [5, 5.41) is 0.744. The molecule has 0 bridgehead atoms. The van der Waals surface area contributed by atoms with Gasteiger partial charge in [-0.15, -0.1) is 0 Å². The first-order chi connectivity index (χ1) is 5.59. The smallest absolute Gasteiger partial charge is 0.0550 e. The third kappa shape index (κ3) is 2.77. The molecule has 0 aromatic heterocycles. The molecule has 0 saturated heterocycles. The van der Waals surface area contributed by atoms with E-state index < -0.39 is 0 Å². The molecule has 0 saturated carbocycles. The van der Waals surface area contributed by atoms with Crippen LogP contribution in [-0.4, -0.2) is 6.04 Å². The first kappa shape index (κ1) is 10.0. The molecule has 3 heteroatoms. The average molecular weight is 249 g/mol. The van der Waals surface area contributed by atoms with Crippen LogP contribution in [-0.2, 0) is 6.42 Å². The van der Waals surface area contributed by atoms with Crippen LogP contribution in [0.4, 0.5) is 0 Å². The second kappa shape index (κ2) is 4.26. The van der Waals surface area contributed by atoms with E-state index in [1.54, 1.807) is 0 Å². The maximum Gasteiger partial charge on any atom is 0.0550 e. The predicted molar refractivity (Wildman–Crippen MR) is 56.5 cm³/mol. The van der Waals surface area contributed by atoms with Gasteiger partial charge in [-0.25, -0.2) is 0 Å². The van der Waals surface area contributed by atoms with Gasteiger partial charge in [-0.2, -0.15) is 0 Å². The lowest BCUT2D eigenvalue weighted by molar-refractivity contribution is 0.738. The van der Waals surface area contributed by atoms with Gasteiger partial charge in [0, 0.05) is 10.5 Å². The first-order valence-electron chi connectivity index (χ1n) is 3.79. The van der Waals surface area contributed by atoms with E-state index in [4.69, 9.17) is 17.3 Å². The van der Waals surface area contributed by atoms with E-state index in [1.165, 1.54) is 5.56 Å². The fraction of sp³-hybridized carbons (Fsp3) is 0.333. The number of benzene rings is 1. The van der Waals surface area contributed by atoms with E-state index >= 15 is 0 Å². The van der Waals surface area contributed by atoms with Crippen LogP contribution in [0.25, 0.3) is 0 Å². The van der Waals surface area contributed by atoms with Gasteiger partial charge < -0.3 is 5.73 Å². The Bertz CT molecular complexity index is 273. The normalized spacial score (nSPS) is 13.0. The Balaban J connectivity index is 2.82. The number of halogens is 2. The quantitative estimate of drug-likeness (QED) is 0.855. The summed E-state index contributed by atoms with van der Waals surface area (Å²) in [6.07, 6.45) is 0.868. The van der Waals surface area contributed by atoms with Crippen LogP contribution < -0.4 is 5.73 Å².